The molecule has 0 radical (unpaired) electrons. The molecule has 3 aromatic rings. The van der Waals surface area contributed by atoms with Gasteiger partial charge in [-0.05, 0) is 5.56 Å². The Kier molecular flexibility index (Phi) is 4.18. The van der Waals surface area contributed by atoms with Crippen LogP contribution in [-0.2, 0) is 23.3 Å². The molecule has 7 heteroatoms. The highest BCUT2D eigenvalue weighted by atomic mass is 32.1. The van der Waals surface area contributed by atoms with E-state index in [4.69, 9.17) is 10.5 Å². The van der Waals surface area contributed by atoms with E-state index in [0.29, 0.717) is 6.42 Å². The number of allylic oxidation sites excluding steroid dienone is 1. The lowest BCUT2D eigenvalue weighted by Crippen LogP contribution is -2.32. The molecule has 2 heterocycles. The highest BCUT2D eigenvalue weighted by Crippen LogP contribution is 2.42. The number of methoxy groups -OCH3 is 1. The van der Waals surface area contributed by atoms with E-state index in [2.05, 4.69) is 33.7 Å². The van der Waals surface area contributed by atoms with Crippen molar-refractivity contribution >= 4 is 23.3 Å². The molecule has 0 bridgehead atoms. The molecule has 0 saturated carbocycles. The summed E-state index contributed by atoms with van der Waals surface area (Å²) in [7, 11) is 1.60. The third-order valence-corrected chi connectivity index (χ3v) is 5.33. The number of ether oxygens (including phenoxy) is 1. The molecule has 0 saturated heterocycles. The Morgan fingerprint density at radius 3 is 2.85 bits per heavy atom. The van der Waals surface area contributed by atoms with E-state index in [1.165, 1.54) is 0 Å². The number of fused-ring (bicyclic) bond motifs is 1. The van der Waals surface area contributed by atoms with Gasteiger partial charge in [0.25, 0.3) is 5.91 Å². The lowest BCUT2D eigenvalue weighted by Gasteiger charge is -2.33. The Morgan fingerprint density at radius 1 is 1.38 bits per heavy atom. The molecular weight excluding hydrogens is 348 g/mol. The van der Waals surface area contributed by atoms with Crippen LogP contribution in [0.25, 0.3) is 6.08 Å². The molecule has 132 valence electrons. The van der Waals surface area contributed by atoms with Crippen LogP contribution in [0.2, 0.25) is 0 Å². The lowest BCUT2D eigenvalue weighted by molar-refractivity contribution is 0.0985. The van der Waals surface area contributed by atoms with Crippen molar-refractivity contribution in [3.05, 3.63) is 75.5 Å². The molecule has 1 amide bonds. The highest BCUT2D eigenvalue weighted by molar-refractivity contribution is 7.07. The second-order valence-corrected chi connectivity index (χ2v) is 6.93. The Balaban J connectivity index is 1.91. The number of rotatable bonds is 5. The van der Waals surface area contributed by atoms with Crippen LogP contribution in [0, 0.1) is 0 Å². The van der Waals surface area contributed by atoms with Gasteiger partial charge in [0, 0.05) is 24.5 Å². The second kappa shape index (κ2) is 6.51. The van der Waals surface area contributed by atoms with Crippen LogP contribution in [0.4, 0.5) is 0 Å². The van der Waals surface area contributed by atoms with Crippen LogP contribution >= 0.6 is 11.3 Å². The quantitative estimate of drug-likeness (QED) is 0.752. The molecule has 1 aliphatic rings. The molecule has 1 unspecified atom stereocenters. The minimum Gasteiger partial charge on any atom is -0.364 e. The summed E-state index contributed by atoms with van der Waals surface area (Å²) in [6, 6.07) is 10.2. The molecule has 0 fully saturated rings. The van der Waals surface area contributed by atoms with Gasteiger partial charge in [-0.2, -0.15) is 5.10 Å². The first kappa shape index (κ1) is 16.7. The molecule has 2 aromatic heterocycles. The second-order valence-electron chi connectivity index (χ2n) is 6.21. The molecule has 6 nitrogen and oxygen atoms in total. The lowest BCUT2D eigenvalue weighted by atomic mass is 9.71. The van der Waals surface area contributed by atoms with Crippen LogP contribution in [0.1, 0.15) is 33.0 Å². The number of aromatic nitrogens is 3. The van der Waals surface area contributed by atoms with Crippen molar-refractivity contribution in [1.29, 1.82) is 0 Å². The molecule has 1 atom stereocenters. The van der Waals surface area contributed by atoms with Gasteiger partial charge in [-0.25, -0.2) is 9.67 Å². The fourth-order valence-electron chi connectivity index (χ4n) is 3.52. The van der Waals surface area contributed by atoms with Crippen LogP contribution < -0.4 is 5.73 Å². The topological polar surface area (TPSA) is 83.0 Å². The number of nitrogens with zero attached hydrogens (tertiary/aromatic N) is 3. The maximum absolute atomic E-state index is 11.8. The van der Waals surface area contributed by atoms with Crippen molar-refractivity contribution in [2.75, 3.05) is 7.11 Å². The van der Waals surface area contributed by atoms with Gasteiger partial charge in [-0.15, -0.1) is 11.3 Å². The smallest absolute Gasteiger partial charge is 0.269 e. The van der Waals surface area contributed by atoms with Gasteiger partial charge >= 0.3 is 0 Å². The number of primary amides is 1. The van der Waals surface area contributed by atoms with Crippen molar-refractivity contribution < 1.29 is 9.53 Å². The third-order valence-electron chi connectivity index (χ3n) is 4.74. The number of hydrogen-bond donors (Lipinski definition) is 1. The van der Waals surface area contributed by atoms with Crippen molar-refractivity contribution in [3.8, 4) is 0 Å². The van der Waals surface area contributed by atoms with Gasteiger partial charge in [0.05, 0.1) is 22.3 Å². The van der Waals surface area contributed by atoms with Crippen molar-refractivity contribution in [3.63, 3.8) is 0 Å². The summed E-state index contributed by atoms with van der Waals surface area (Å²) in [5, 5.41) is 6.43. The van der Waals surface area contributed by atoms with E-state index >= 15 is 0 Å². The first-order chi connectivity index (χ1) is 12.7. The third kappa shape index (κ3) is 2.56. The van der Waals surface area contributed by atoms with Crippen LogP contribution in [0.15, 0.2) is 47.3 Å². The van der Waals surface area contributed by atoms with Crippen molar-refractivity contribution in [2.24, 2.45) is 5.73 Å². The van der Waals surface area contributed by atoms with Gasteiger partial charge in [0.1, 0.15) is 6.73 Å². The minimum absolute atomic E-state index is 0.255. The van der Waals surface area contributed by atoms with E-state index in [1.54, 1.807) is 23.1 Å². The number of carbonyl (C=O) groups excluding carboxylic acids is 1. The Hall–Kier alpha value is -2.77. The highest BCUT2D eigenvalue weighted by Gasteiger charge is 2.39. The molecule has 1 aromatic carbocycles. The molecule has 0 aliphatic heterocycles. The SMILES string of the molecule is COCn1nc(C(N)=O)c2c1CC(c1ccccc1)(c1cscn1)C=C2. The first-order valence-electron chi connectivity index (χ1n) is 8.17. The number of nitrogens with two attached hydrogens (primary N) is 1. The van der Waals surface area contributed by atoms with Gasteiger partial charge in [0.2, 0.25) is 0 Å². The predicted molar refractivity (Wildman–Crippen MR) is 99.8 cm³/mol. The van der Waals surface area contributed by atoms with Crippen LogP contribution in [-0.4, -0.2) is 27.8 Å². The molecule has 2 N–H and O–H groups in total. The Morgan fingerprint density at radius 2 is 2.19 bits per heavy atom. The Bertz CT molecular complexity index is 963. The summed E-state index contributed by atoms with van der Waals surface area (Å²) in [5.74, 6) is -0.540. The Labute approximate surface area is 154 Å². The zero-order valence-corrected chi connectivity index (χ0v) is 15.1. The molecule has 26 heavy (non-hydrogen) atoms. The number of amides is 1. The number of benzene rings is 1. The normalized spacial score (nSPS) is 18.7. The van der Waals surface area contributed by atoms with E-state index < -0.39 is 11.3 Å². The van der Waals surface area contributed by atoms with Crippen LogP contribution in [0.5, 0.6) is 0 Å². The average Bonchev–Trinajstić information content (AvgIpc) is 3.31. The average molecular weight is 366 g/mol. The summed E-state index contributed by atoms with van der Waals surface area (Å²) < 4.78 is 6.97. The predicted octanol–water partition coefficient (Wildman–Crippen LogP) is 2.60. The monoisotopic (exact) mass is 366 g/mol. The summed E-state index contributed by atoms with van der Waals surface area (Å²) in [4.78, 5) is 16.4. The zero-order valence-electron chi connectivity index (χ0n) is 14.3. The maximum atomic E-state index is 11.8. The van der Waals surface area contributed by atoms with Crippen molar-refractivity contribution in [1.82, 2.24) is 14.8 Å². The number of carbonyl (C=O) groups is 1. The summed E-state index contributed by atoms with van der Waals surface area (Å²) in [6.45, 7) is 0.255. The molecule has 0 spiro atoms. The maximum Gasteiger partial charge on any atom is 0.269 e. The largest absolute Gasteiger partial charge is 0.364 e. The summed E-state index contributed by atoms with van der Waals surface area (Å²) in [5.41, 5.74) is 11.0. The molecule has 1 aliphatic carbocycles. The zero-order chi connectivity index (χ0) is 18.1. The molecule has 4 rings (SSSR count). The van der Waals surface area contributed by atoms with Gasteiger partial charge in [0.15, 0.2) is 5.69 Å². The minimum atomic E-state index is -0.540. The van der Waals surface area contributed by atoms with E-state index in [1.807, 2.05) is 29.8 Å². The fraction of sp³-hybridized carbons (Fsp3) is 0.211. The first-order valence-corrected chi connectivity index (χ1v) is 9.12. The van der Waals surface area contributed by atoms with Crippen molar-refractivity contribution in [2.45, 2.75) is 18.6 Å². The number of thiazole rings is 1. The van der Waals surface area contributed by atoms with E-state index in [0.717, 1.165) is 22.5 Å². The van der Waals surface area contributed by atoms with Gasteiger partial charge < -0.3 is 10.5 Å². The summed E-state index contributed by atoms with van der Waals surface area (Å²) >= 11 is 1.57. The fourth-order valence-corrected chi connectivity index (χ4v) is 4.16. The molecular formula is C19H18N4O2S. The van der Waals surface area contributed by atoms with E-state index in [9.17, 15) is 4.79 Å². The summed E-state index contributed by atoms with van der Waals surface area (Å²) in [6.07, 6.45) is 4.66. The van der Waals surface area contributed by atoms with Gasteiger partial charge in [-0.3, -0.25) is 4.79 Å². The standard InChI is InChI=1S/C19H18N4O2S/c1-25-12-23-15-9-19(16-10-26-11-21-16,13-5-3-2-4-6-13)8-7-14(15)17(22-23)18(20)24/h2-8,10-11H,9,12H2,1H3,(H2,20,24). The van der Waals surface area contributed by atoms with E-state index in [-0.39, 0.29) is 12.4 Å². The number of hydrogen-bond acceptors (Lipinski definition) is 5. The van der Waals surface area contributed by atoms with Crippen LogP contribution in [0.3, 0.4) is 0 Å². The van der Waals surface area contributed by atoms with Gasteiger partial charge in [-0.1, -0.05) is 42.5 Å².